The summed E-state index contributed by atoms with van der Waals surface area (Å²) in [6.07, 6.45) is 4.07. The SMILES string of the molecule is COc1ccc(S(=O)(=O)C2CCN(C(=O)/C=C/c3ccc4c(c3)OCO4)CC2)cc1. The van der Waals surface area contributed by atoms with Crippen LogP contribution in [0.4, 0.5) is 0 Å². The summed E-state index contributed by atoms with van der Waals surface area (Å²) < 4.78 is 41.5. The molecule has 8 heteroatoms. The maximum Gasteiger partial charge on any atom is 0.246 e. The zero-order valence-electron chi connectivity index (χ0n) is 16.6. The second-order valence-corrected chi connectivity index (χ2v) is 9.42. The summed E-state index contributed by atoms with van der Waals surface area (Å²) in [7, 11) is -1.90. The highest BCUT2D eigenvalue weighted by atomic mass is 32.2. The number of benzene rings is 2. The van der Waals surface area contributed by atoms with E-state index in [0.717, 1.165) is 5.56 Å². The molecule has 4 rings (SSSR count). The van der Waals surface area contributed by atoms with Gasteiger partial charge in [0.1, 0.15) is 5.75 Å². The average Bonchev–Trinajstić information content (AvgIpc) is 3.25. The minimum Gasteiger partial charge on any atom is -0.497 e. The molecule has 2 aromatic rings. The predicted octanol–water partition coefficient (Wildman–Crippen LogP) is 2.90. The predicted molar refractivity (Wildman–Crippen MR) is 111 cm³/mol. The van der Waals surface area contributed by atoms with Crippen LogP contribution in [0.5, 0.6) is 17.2 Å². The topological polar surface area (TPSA) is 82.1 Å². The van der Waals surface area contributed by atoms with Gasteiger partial charge in [0, 0.05) is 19.2 Å². The van der Waals surface area contributed by atoms with E-state index in [1.807, 2.05) is 18.2 Å². The molecular weight excluding hydrogens is 406 g/mol. The third kappa shape index (κ3) is 4.14. The number of piperidine rings is 1. The van der Waals surface area contributed by atoms with Crippen LogP contribution in [0.15, 0.2) is 53.4 Å². The van der Waals surface area contributed by atoms with E-state index in [1.54, 1.807) is 35.2 Å². The Balaban J connectivity index is 1.36. The molecule has 30 heavy (non-hydrogen) atoms. The lowest BCUT2D eigenvalue weighted by molar-refractivity contribution is -0.126. The summed E-state index contributed by atoms with van der Waals surface area (Å²) in [5.41, 5.74) is 0.838. The zero-order chi connectivity index (χ0) is 21.1. The van der Waals surface area contributed by atoms with Gasteiger partial charge in [0.25, 0.3) is 0 Å². The van der Waals surface area contributed by atoms with E-state index in [2.05, 4.69) is 0 Å². The number of methoxy groups -OCH3 is 1. The summed E-state index contributed by atoms with van der Waals surface area (Å²) in [5.74, 6) is 1.84. The number of carbonyl (C=O) groups excluding carboxylic acids is 1. The normalized spacial score (nSPS) is 16.8. The maximum atomic E-state index is 12.9. The standard InChI is InChI=1S/C22H23NO6S/c1-27-17-4-6-18(7-5-17)30(25,26)19-10-12-23(13-11-19)22(24)9-3-16-2-8-20-21(14-16)29-15-28-20/h2-9,14,19H,10-13,15H2,1H3/b9-3+. The van der Waals surface area contributed by atoms with Gasteiger partial charge < -0.3 is 19.1 Å². The van der Waals surface area contributed by atoms with Crippen LogP contribution in [-0.4, -0.2) is 51.5 Å². The zero-order valence-corrected chi connectivity index (χ0v) is 17.4. The minimum atomic E-state index is -3.43. The number of fused-ring (bicyclic) bond motifs is 1. The molecule has 1 saturated heterocycles. The summed E-state index contributed by atoms with van der Waals surface area (Å²) >= 11 is 0. The van der Waals surface area contributed by atoms with Crippen LogP contribution < -0.4 is 14.2 Å². The first kappa shape index (κ1) is 20.3. The Morgan fingerprint density at radius 1 is 1.07 bits per heavy atom. The van der Waals surface area contributed by atoms with Crippen molar-refractivity contribution in [2.45, 2.75) is 23.0 Å². The molecule has 0 radical (unpaired) electrons. The molecule has 2 heterocycles. The lowest BCUT2D eigenvalue weighted by atomic mass is 10.1. The second kappa shape index (κ2) is 8.39. The molecule has 0 aliphatic carbocycles. The summed E-state index contributed by atoms with van der Waals surface area (Å²) in [5, 5.41) is -0.493. The number of amides is 1. The van der Waals surface area contributed by atoms with E-state index in [-0.39, 0.29) is 17.6 Å². The maximum absolute atomic E-state index is 12.9. The number of nitrogens with zero attached hydrogens (tertiary/aromatic N) is 1. The highest BCUT2D eigenvalue weighted by Gasteiger charge is 2.32. The van der Waals surface area contributed by atoms with Gasteiger partial charge in [-0.1, -0.05) is 6.07 Å². The first-order valence-electron chi connectivity index (χ1n) is 9.72. The Hall–Kier alpha value is -3.00. The summed E-state index contributed by atoms with van der Waals surface area (Å²) in [6.45, 7) is 1.02. The number of likely N-dealkylation sites (tertiary alicyclic amines) is 1. The number of hydrogen-bond acceptors (Lipinski definition) is 6. The molecular formula is C22H23NO6S. The van der Waals surface area contributed by atoms with Crippen LogP contribution >= 0.6 is 0 Å². The first-order chi connectivity index (χ1) is 14.5. The molecule has 7 nitrogen and oxygen atoms in total. The van der Waals surface area contributed by atoms with Crippen molar-refractivity contribution in [1.29, 1.82) is 0 Å². The van der Waals surface area contributed by atoms with E-state index >= 15 is 0 Å². The molecule has 2 aliphatic heterocycles. The molecule has 1 amide bonds. The van der Waals surface area contributed by atoms with Gasteiger partial charge in [0.15, 0.2) is 21.3 Å². The van der Waals surface area contributed by atoms with Crippen LogP contribution in [0.25, 0.3) is 6.08 Å². The smallest absolute Gasteiger partial charge is 0.246 e. The third-order valence-corrected chi connectivity index (χ3v) is 7.67. The Bertz CT molecular complexity index is 1050. The molecule has 1 fully saturated rings. The van der Waals surface area contributed by atoms with Crippen molar-refractivity contribution in [3.8, 4) is 17.2 Å². The Morgan fingerprint density at radius 2 is 1.77 bits per heavy atom. The number of ether oxygens (including phenoxy) is 3. The summed E-state index contributed by atoms with van der Waals surface area (Å²) in [4.78, 5) is 14.5. The monoisotopic (exact) mass is 429 g/mol. The van der Waals surface area contributed by atoms with Crippen LogP contribution in [0, 0.1) is 0 Å². The molecule has 2 aromatic carbocycles. The quantitative estimate of drug-likeness (QED) is 0.680. The van der Waals surface area contributed by atoms with E-state index in [9.17, 15) is 13.2 Å². The fourth-order valence-corrected chi connectivity index (χ4v) is 5.37. The number of carbonyl (C=O) groups is 1. The van der Waals surface area contributed by atoms with E-state index in [4.69, 9.17) is 14.2 Å². The lowest BCUT2D eigenvalue weighted by Crippen LogP contribution is -2.41. The van der Waals surface area contributed by atoms with Gasteiger partial charge in [-0.2, -0.15) is 0 Å². The van der Waals surface area contributed by atoms with E-state index < -0.39 is 15.1 Å². The van der Waals surface area contributed by atoms with Crippen LogP contribution in [0.1, 0.15) is 18.4 Å². The Kier molecular flexibility index (Phi) is 5.67. The largest absolute Gasteiger partial charge is 0.497 e. The van der Waals surface area contributed by atoms with Crippen molar-refractivity contribution in [1.82, 2.24) is 4.90 Å². The summed E-state index contributed by atoms with van der Waals surface area (Å²) in [6, 6.07) is 11.9. The third-order valence-electron chi connectivity index (χ3n) is 5.40. The van der Waals surface area contributed by atoms with Gasteiger partial charge in [-0.25, -0.2) is 8.42 Å². The molecule has 158 valence electrons. The number of sulfone groups is 1. The van der Waals surface area contributed by atoms with Crippen LogP contribution in [-0.2, 0) is 14.6 Å². The highest BCUT2D eigenvalue weighted by Crippen LogP contribution is 2.33. The van der Waals surface area contributed by atoms with Gasteiger partial charge >= 0.3 is 0 Å². The van der Waals surface area contributed by atoms with E-state index in [1.165, 1.54) is 13.2 Å². The first-order valence-corrected chi connectivity index (χ1v) is 11.3. The lowest BCUT2D eigenvalue weighted by Gasteiger charge is -2.31. The second-order valence-electron chi connectivity index (χ2n) is 7.19. The van der Waals surface area contributed by atoms with Gasteiger partial charge in [0.05, 0.1) is 17.3 Å². The van der Waals surface area contributed by atoms with Gasteiger partial charge in [0.2, 0.25) is 12.7 Å². The Labute approximate surface area is 175 Å². The van der Waals surface area contributed by atoms with E-state index in [0.29, 0.717) is 43.2 Å². The Morgan fingerprint density at radius 3 is 2.47 bits per heavy atom. The molecule has 0 N–H and O–H groups in total. The van der Waals surface area contributed by atoms with Gasteiger partial charge in [-0.3, -0.25) is 4.79 Å². The van der Waals surface area contributed by atoms with Gasteiger partial charge in [-0.15, -0.1) is 0 Å². The number of rotatable bonds is 5. The van der Waals surface area contributed by atoms with Crippen molar-refractivity contribution in [3.63, 3.8) is 0 Å². The molecule has 0 aromatic heterocycles. The number of hydrogen-bond donors (Lipinski definition) is 0. The fraction of sp³-hybridized carbons (Fsp3) is 0.318. The van der Waals surface area contributed by atoms with Crippen LogP contribution in [0.3, 0.4) is 0 Å². The molecule has 0 atom stereocenters. The molecule has 2 aliphatic rings. The van der Waals surface area contributed by atoms with Crippen molar-refractivity contribution in [2.75, 3.05) is 27.0 Å². The van der Waals surface area contributed by atoms with Crippen molar-refractivity contribution in [2.24, 2.45) is 0 Å². The highest BCUT2D eigenvalue weighted by molar-refractivity contribution is 7.92. The molecule has 0 unspecified atom stereocenters. The fourth-order valence-electron chi connectivity index (χ4n) is 3.63. The van der Waals surface area contributed by atoms with Crippen LogP contribution in [0.2, 0.25) is 0 Å². The average molecular weight is 429 g/mol. The van der Waals surface area contributed by atoms with Crippen molar-refractivity contribution >= 4 is 21.8 Å². The molecule has 0 saturated carbocycles. The van der Waals surface area contributed by atoms with Gasteiger partial charge in [-0.05, 0) is 60.9 Å². The molecule has 0 bridgehead atoms. The van der Waals surface area contributed by atoms with Crippen molar-refractivity contribution < 1.29 is 27.4 Å². The molecule has 0 spiro atoms. The minimum absolute atomic E-state index is 0.132. The van der Waals surface area contributed by atoms with Crippen molar-refractivity contribution in [3.05, 3.63) is 54.1 Å².